The molecule has 0 radical (unpaired) electrons. The minimum atomic E-state index is -3.64. The number of rotatable bonds is 9. The van der Waals surface area contributed by atoms with Crippen molar-refractivity contribution in [2.45, 2.75) is 88.9 Å². The Morgan fingerprint density at radius 3 is 2.37 bits per heavy atom. The normalized spacial score (nSPS) is 21.7. The number of piperazine rings is 1. The highest BCUT2D eigenvalue weighted by Gasteiger charge is 2.44. The predicted molar refractivity (Wildman–Crippen MR) is 189 cm³/mol. The topological polar surface area (TPSA) is 135 Å². The van der Waals surface area contributed by atoms with Crippen LogP contribution in [-0.2, 0) is 31.9 Å². The molecule has 2 aromatic carbocycles. The van der Waals surface area contributed by atoms with E-state index in [1.807, 2.05) is 0 Å². The van der Waals surface area contributed by atoms with Crippen molar-refractivity contribution < 1.29 is 35.9 Å². The van der Waals surface area contributed by atoms with Gasteiger partial charge in [-0.1, -0.05) is 35.9 Å². The Kier molecular flexibility index (Phi) is 11.4. The molecule has 1 aromatic heterocycles. The first-order chi connectivity index (χ1) is 23.8. The lowest BCUT2D eigenvalue weighted by atomic mass is 9.85. The Hall–Kier alpha value is -3.72. The Morgan fingerprint density at radius 2 is 1.75 bits per heavy atom. The fraction of sp³-hybridized carbons (Fsp3) is 0.472. The minimum Gasteiger partial charge on any atom is -0.444 e. The second-order valence-electron chi connectivity index (χ2n) is 14.2. The second-order valence-corrected chi connectivity index (χ2v) is 16.7. The number of sulfonamides is 1. The molecule has 2 fully saturated rings. The highest BCUT2D eigenvalue weighted by atomic mass is 35.5. The molecule has 3 heterocycles. The molecule has 5 rings (SSSR count). The van der Waals surface area contributed by atoms with Crippen LogP contribution in [0.1, 0.15) is 75.3 Å². The van der Waals surface area contributed by atoms with Crippen molar-refractivity contribution in [2.75, 3.05) is 24.2 Å². The van der Waals surface area contributed by atoms with Gasteiger partial charge in [0, 0.05) is 60.5 Å². The van der Waals surface area contributed by atoms with Gasteiger partial charge in [-0.15, -0.1) is 0 Å². The molecule has 2 bridgehead atoms. The number of alkyl halides is 2. The van der Waals surface area contributed by atoms with Gasteiger partial charge in [-0.05, 0) is 87.9 Å². The zero-order valence-corrected chi connectivity index (χ0v) is 30.5. The molecular formula is C36H43ClF3N5O5S. The van der Waals surface area contributed by atoms with Crippen LogP contribution in [0.25, 0.3) is 0 Å². The van der Waals surface area contributed by atoms with Gasteiger partial charge in [0.25, 0.3) is 5.92 Å². The second kappa shape index (κ2) is 15.1. The maximum absolute atomic E-state index is 15.5. The molecule has 3 aromatic rings. The number of halogens is 4. The number of nitrogens with one attached hydrogen (secondary N) is 1. The third kappa shape index (κ3) is 9.21. The number of carbonyl (C=O) groups is 2. The molecule has 51 heavy (non-hydrogen) atoms. The van der Waals surface area contributed by atoms with Crippen LogP contribution in [0, 0.1) is 5.82 Å². The van der Waals surface area contributed by atoms with Crippen LogP contribution in [0.2, 0.25) is 5.02 Å². The molecule has 3 N–H and O–H groups in total. The number of nitrogens with zero attached hydrogens (tertiary/aromatic N) is 3. The third-order valence-corrected chi connectivity index (χ3v) is 11.4. The lowest BCUT2D eigenvalue weighted by molar-refractivity contribution is -0.117. The van der Waals surface area contributed by atoms with Gasteiger partial charge in [0.05, 0.1) is 11.8 Å². The number of benzene rings is 2. The lowest BCUT2D eigenvalue weighted by Gasteiger charge is -2.44. The maximum Gasteiger partial charge on any atom is 0.410 e. The van der Waals surface area contributed by atoms with Gasteiger partial charge in [0.1, 0.15) is 17.1 Å². The van der Waals surface area contributed by atoms with Gasteiger partial charge >= 0.3 is 6.09 Å². The van der Waals surface area contributed by atoms with Crippen molar-refractivity contribution >= 4 is 39.3 Å². The predicted octanol–water partition coefficient (Wildman–Crippen LogP) is 6.43. The number of carbonyl (C=O) groups excluding carboxylic acids is 2. The lowest BCUT2D eigenvalue weighted by Crippen LogP contribution is -2.60. The van der Waals surface area contributed by atoms with E-state index < -0.39 is 63.1 Å². The van der Waals surface area contributed by atoms with Gasteiger partial charge in [-0.3, -0.25) is 9.78 Å². The standard InChI is InChI=1S/C36H43ClF3N5O5S/c1-35(2,3)50-34(47)44-20-26(45-21-25(44)7-6-18-51(45,48)49)15-16-27-28(38)8-5-9-29(27)43-33(46)32(41)31(22-10-13-24(37)14-11-22)23-12-17-30(42-19-23)36(4,39)40/h5,8-14,17,19,25-26,31-32H,6-7,15-16,18,20-21,41H2,1-4H3,(H,43,46)/t25-,26?,31+,32+/m1/s1. The largest absolute Gasteiger partial charge is 0.444 e. The van der Waals surface area contributed by atoms with Crippen LogP contribution >= 0.6 is 11.6 Å². The number of nitrogens with two attached hydrogens (primary N) is 1. The fourth-order valence-corrected chi connectivity index (χ4v) is 8.56. The number of fused-ring (bicyclic) bond motifs is 2. The molecule has 5 atom stereocenters. The zero-order chi connectivity index (χ0) is 37.3. The van der Waals surface area contributed by atoms with Crippen molar-refractivity contribution in [3.05, 3.63) is 94.0 Å². The molecule has 276 valence electrons. The van der Waals surface area contributed by atoms with E-state index in [0.717, 1.165) is 6.92 Å². The van der Waals surface area contributed by atoms with E-state index in [2.05, 4.69) is 10.3 Å². The van der Waals surface area contributed by atoms with Gasteiger partial charge in [0.2, 0.25) is 15.9 Å². The Bertz CT molecular complexity index is 1840. The highest BCUT2D eigenvalue weighted by Crippen LogP contribution is 2.34. The summed E-state index contributed by atoms with van der Waals surface area (Å²) in [5, 5.41) is 3.18. The van der Waals surface area contributed by atoms with Crippen molar-refractivity contribution in [1.29, 1.82) is 0 Å². The summed E-state index contributed by atoms with van der Waals surface area (Å²) in [7, 11) is -3.64. The molecular weight excluding hydrogens is 707 g/mol. The Labute approximate surface area is 301 Å². The van der Waals surface area contributed by atoms with Crippen LogP contribution in [-0.4, -0.2) is 77.2 Å². The molecule has 2 amide bonds. The zero-order valence-electron chi connectivity index (χ0n) is 28.9. The summed E-state index contributed by atoms with van der Waals surface area (Å²) >= 11 is 6.10. The van der Waals surface area contributed by atoms with E-state index in [4.69, 9.17) is 22.1 Å². The van der Waals surface area contributed by atoms with Crippen molar-refractivity contribution in [3.63, 3.8) is 0 Å². The average molecular weight is 750 g/mol. The maximum atomic E-state index is 15.5. The molecule has 15 heteroatoms. The van der Waals surface area contributed by atoms with Crippen LogP contribution in [0.4, 0.5) is 23.7 Å². The average Bonchev–Trinajstić information content (AvgIpc) is 3.17. The summed E-state index contributed by atoms with van der Waals surface area (Å²) in [6.45, 7) is 6.19. The van der Waals surface area contributed by atoms with Gasteiger partial charge in [-0.2, -0.15) is 13.1 Å². The summed E-state index contributed by atoms with van der Waals surface area (Å²) in [4.78, 5) is 32.5. The van der Waals surface area contributed by atoms with E-state index in [0.29, 0.717) is 29.0 Å². The Balaban J connectivity index is 1.39. The molecule has 2 aliphatic rings. The summed E-state index contributed by atoms with van der Waals surface area (Å²) in [5.41, 5.74) is 6.61. The molecule has 0 spiro atoms. The molecule has 2 unspecified atom stereocenters. The fourth-order valence-electron chi connectivity index (χ4n) is 6.64. The third-order valence-electron chi connectivity index (χ3n) is 9.16. The number of pyridine rings is 1. The van der Waals surface area contributed by atoms with Gasteiger partial charge in [0.15, 0.2) is 0 Å². The van der Waals surface area contributed by atoms with E-state index in [1.54, 1.807) is 49.9 Å². The van der Waals surface area contributed by atoms with E-state index in [-0.39, 0.29) is 49.0 Å². The van der Waals surface area contributed by atoms with Gasteiger partial charge in [-0.25, -0.2) is 17.6 Å². The molecule has 2 saturated heterocycles. The van der Waals surface area contributed by atoms with E-state index in [1.165, 1.54) is 40.8 Å². The number of hydrogen-bond acceptors (Lipinski definition) is 7. The van der Waals surface area contributed by atoms with Crippen LogP contribution < -0.4 is 11.1 Å². The van der Waals surface area contributed by atoms with E-state index in [9.17, 15) is 26.8 Å². The van der Waals surface area contributed by atoms with Gasteiger partial charge < -0.3 is 20.7 Å². The SMILES string of the molecule is CC(C)(C)OC(=O)N1CC(CCc2c(F)cccc2NC(=O)[C@@H](N)[C@@H](c2ccc(Cl)cc2)c2ccc(C(C)(F)F)nc2)N2C[C@H]1CCCS2(=O)=O. The first-order valence-electron chi connectivity index (χ1n) is 16.8. The first-order valence-corrected chi connectivity index (χ1v) is 18.8. The number of amides is 2. The summed E-state index contributed by atoms with van der Waals surface area (Å²) in [6.07, 6.45) is 1.79. The van der Waals surface area contributed by atoms with E-state index >= 15 is 4.39 Å². The number of ether oxygens (including phenoxy) is 1. The number of aromatic nitrogens is 1. The van der Waals surface area contributed by atoms with Crippen LogP contribution in [0.5, 0.6) is 0 Å². The summed E-state index contributed by atoms with van der Waals surface area (Å²) < 4.78 is 76.9. The summed E-state index contributed by atoms with van der Waals surface area (Å²) in [6, 6.07) is 11.1. The summed E-state index contributed by atoms with van der Waals surface area (Å²) in [5.74, 6) is -5.37. The van der Waals surface area contributed by atoms with Crippen molar-refractivity contribution in [1.82, 2.24) is 14.2 Å². The molecule has 0 saturated carbocycles. The first kappa shape index (κ1) is 38.5. The minimum absolute atomic E-state index is 0.0261. The number of hydrogen-bond donors (Lipinski definition) is 2. The highest BCUT2D eigenvalue weighted by molar-refractivity contribution is 7.89. The van der Waals surface area contributed by atoms with Crippen LogP contribution in [0.3, 0.4) is 0 Å². The monoisotopic (exact) mass is 749 g/mol. The number of anilines is 1. The van der Waals surface area contributed by atoms with Crippen molar-refractivity contribution in [2.24, 2.45) is 5.73 Å². The smallest absolute Gasteiger partial charge is 0.410 e. The molecule has 0 aliphatic carbocycles. The molecule has 10 nitrogen and oxygen atoms in total. The van der Waals surface area contributed by atoms with Crippen molar-refractivity contribution in [3.8, 4) is 0 Å². The quantitative estimate of drug-likeness (QED) is 0.258. The Morgan fingerprint density at radius 1 is 1.06 bits per heavy atom. The molecule has 2 aliphatic heterocycles. The van der Waals surface area contributed by atoms with Crippen LogP contribution in [0.15, 0.2) is 60.8 Å².